The number of nitro benzene ring substituents is 1. The third kappa shape index (κ3) is 3.81. The molecule has 0 saturated carbocycles. The highest BCUT2D eigenvalue weighted by Gasteiger charge is 2.16. The van der Waals surface area contributed by atoms with E-state index in [0.717, 1.165) is 0 Å². The van der Waals surface area contributed by atoms with Crippen LogP contribution in [0.4, 0.5) is 5.69 Å². The van der Waals surface area contributed by atoms with Gasteiger partial charge < -0.3 is 4.74 Å². The molecule has 0 heterocycles. The van der Waals surface area contributed by atoms with E-state index < -0.39 is 10.9 Å². The van der Waals surface area contributed by atoms with Crippen molar-refractivity contribution in [2.75, 3.05) is 6.61 Å². The first-order valence-electron chi connectivity index (χ1n) is 5.03. The zero-order valence-corrected chi connectivity index (χ0v) is 11.1. The van der Waals surface area contributed by atoms with Crippen molar-refractivity contribution in [2.45, 2.75) is 13.8 Å². The zero-order valence-electron chi connectivity index (χ0n) is 9.47. The number of carbonyl (C=O) groups excluding carboxylic acids is 1. The molecule has 0 saturated heterocycles. The van der Waals surface area contributed by atoms with Gasteiger partial charge in [-0.15, -0.1) is 0 Å². The molecule has 0 aliphatic carbocycles. The van der Waals surface area contributed by atoms with Gasteiger partial charge in [0.2, 0.25) is 0 Å². The highest BCUT2D eigenvalue weighted by Crippen LogP contribution is 2.23. The van der Waals surface area contributed by atoms with Gasteiger partial charge in [-0.25, -0.2) is 4.79 Å². The van der Waals surface area contributed by atoms with E-state index >= 15 is 0 Å². The normalized spacial score (nSPS) is 10.4. The molecule has 0 unspecified atom stereocenters. The maximum Gasteiger partial charge on any atom is 0.339 e. The van der Waals surface area contributed by atoms with E-state index in [-0.39, 0.29) is 23.8 Å². The Labute approximate surface area is 107 Å². The topological polar surface area (TPSA) is 69.4 Å². The summed E-state index contributed by atoms with van der Waals surface area (Å²) in [6.45, 7) is 4.11. The highest BCUT2D eigenvalue weighted by atomic mass is 79.9. The number of esters is 1. The third-order valence-electron chi connectivity index (χ3n) is 1.93. The molecule has 1 rings (SSSR count). The van der Waals surface area contributed by atoms with Crippen LogP contribution >= 0.6 is 15.9 Å². The van der Waals surface area contributed by atoms with Crippen LogP contribution in [0.2, 0.25) is 0 Å². The lowest BCUT2D eigenvalue weighted by molar-refractivity contribution is -0.384. The molecule has 0 amide bonds. The Balaban J connectivity index is 2.92. The lowest BCUT2D eigenvalue weighted by Crippen LogP contribution is -2.11. The molecule has 0 spiro atoms. The van der Waals surface area contributed by atoms with Crippen LogP contribution in [-0.4, -0.2) is 17.5 Å². The number of benzene rings is 1. The first-order chi connectivity index (χ1) is 7.91. The van der Waals surface area contributed by atoms with Gasteiger partial charge >= 0.3 is 5.97 Å². The van der Waals surface area contributed by atoms with Gasteiger partial charge in [0.25, 0.3) is 5.69 Å². The Morgan fingerprint density at radius 1 is 1.53 bits per heavy atom. The van der Waals surface area contributed by atoms with Gasteiger partial charge in [0.15, 0.2) is 0 Å². The Bertz CT molecular complexity index is 445. The van der Waals surface area contributed by atoms with Gasteiger partial charge in [0.05, 0.1) is 17.1 Å². The Morgan fingerprint density at radius 2 is 2.18 bits per heavy atom. The molecule has 0 N–H and O–H groups in total. The minimum atomic E-state index is -0.561. The second-order valence-corrected chi connectivity index (χ2v) is 4.77. The standard InChI is InChI=1S/C11H12BrNO4/c1-7(2)6-17-11(14)9-5-8(13(15)16)3-4-10(9)12/h3-5,7H,6H2,1-2H3. The zero-order chi connectivity index (χ0) is 13.0. The average Bonchev–Trinajstić information content (AvgIpc) is 2.26. The van der Waals surface area contributed by atoms with Crippen LogP contribution in [0.25, 0.3) is 0 Å². The molecule has 1 aromatic rings. The van der Waals surface area contributed by atoms with E-state index in [1.165, 1.54) is 18.2 Å². The SMILES string of the molecule is CC(C)COC(=O)c1cc([N+](=O)[O-])ccc1Br. The van der Waals surface area contributed by atoms with Crippen LogP contribution in [0.5, 0.6) is 0 Å². The van der Waals surface area contributed by atoms with Crippen LogP contribution < -0.4 is 0 Å². The summed E-state index contributed by atoms with van der Waals surface area (Å²) in [6, 6.07) is 3.99. The molecule has 0 bridgehead atoms. The first-order valence-corrected chi connectivity index (χ1v) is 5.82. The summed E-state index contributed by atoms with van der Waals surface area (Å²) in [5, 5.41) is 10.6. The maximum atomic E-state index is 11.7. The number of non-ortho nitro benzene ring substituents is 1. The molecule has 0 fully saturated rings. The predicted octanol–water partition coefficient (Wildman–Crippen LogP) is 3.17. The number of hydrogen-bond acceptors (Lipinski definition) is 4. The molecule has 1 aromatic carbocycles. The molecule has 17 heavy (non-hydrogen) atoms. The van der Waals surface area contributed by atoms with Crippen LogP contribution in [0, 0.1) is 16.0 Å². The number of nitrogens with zero attached hydrogens (tertiary/aromatic N) is 1. The van der Waals surface area contributed by atoms with E-state index in [0.29, 0.717) is 4.47 Å². The Morgan fingerprint density at radius 3 is 2.71 bits per heavy atom. The number of ether oxygens (including phenoxy) is 1. The molecular formula is C11H12BrNO4. The number of rotatable bonds is 4. The largest absolute Gasteiger partial charge is 0.462 e. The summed E-state index contributed by atoms with van der Waals surface area (Å²) < 4.78 is 5.50. The summed E-state index contributed by atoms with van der Waals surface area (Å²) in [7, 11) is 0. The second-order valence-electron chi connectivity index (χ2n) is 3.91. The van der Waals surface area contributed by atoms with Crippen molar-refractivity contribution in [3.05, 3.63) is 38.3 Å². The van der Waals surface area contributed by atoms with Crippen molar-refractivity contribution in [2.24, 2.45) is 5.92 Å². The van der Waals surface area contributed by atoms with Gasteiger partial charge in [0, 0.05) is 16.6 Å². The molecule has 92 valence electrons. The maximum absolute atomic E-state index is 11.7. The van der Waals surface area contributed by atoms with Crippen LogP contribution in [-0.2, 0) is 4.74 Å². The van der Waals surface area contributed by atoms with E-state index in [1.54, 1.807) is 0 Å². The first kappa shape index (κ1) is 13.6. The van der Waals surface area contributed by atoms with Crippen LogP contribution in [0.3, 0.4) is 0 Å². The van der Waals surface area contributed by atoms with Crippen molar-refractivity contribution in [1.82, 2.24) is 0 Å². The second kappa shape index (κ2) is 5.77. The third-order valence-corrected chi connectivity index (χ3v) is 2.62. The highest BCUT2D eigenvalue weighted by molar-refractivity contribution is 9.10. The number of nitro groups is 1. The molecule has 6 heteroatoms. The van der Waals surface area contributed by atoms with Gasteiger partial charge in [0.1, 0.15) is 0 Å². The van der Waals surface area contributed by atoms with Crippen molar-refractivity contribution < 1.29 is 14.5 Å². The van der Waals surface area contributed by atoms with Crippen LogP contribution in [0.1, 0.15) is 24.2 Å². The molecular weight excluding hydrogens is 290 g/mol. The molecule has 0 aromatic heterocycles. The monoisotopic (exact) mass is 301 g/mol. The molecule has 5 nitrogen and oxygen atoms in total. The van der Waals surface area contributed by atoms with Crippen molar-refractivity contribution >= 4 is 27.6 Å². The van der Waals surface area contributed by atoms with E-state index in [2.05, 4.69) is 15.9 Å². The summed E-state index contributed by atoms with van der Waals surface area (Å²) in [6.07, 6.45) is 0. The molecule has 0 radical (unpaired) electrons. The molecule has 0 atom stereocenters. The molecule has 0 aliphatic heterocycles. The van der Waals surface area contributed by atoms with Crippen molar-refractivity contribution in [3.8, 4) is 0 Å². The van der Waals surface area contributed by atoms with Gasteiger partial charge in [-0.1, -0.05) is 13.8 Å². The predicted molar refractivity (Wildman–Crippen MR) is 65.9 cm³/mol. The summed E-state index contributed by atoms with van der Waals surface area (Å²) in [5.74, 6) is -0.342. The quantitative estimate of drug-likeness (QED) is 0.486. The van der Waals surface area contributed by atoms with Crippen molar-refractivity contribution in [3.63, 3.8) is 0 Å². The smallest absolute Gasteiger partial charge is 0.339 e. The minimum Gasteiger partial charge on any atom is -0.462 e. The lowest BCUT2D eigenvalue weighted by Gasteiger charge is -2.08. The van der Waals surface area contributed by atoms with Gasteiger partial charge in [-0.05, 0) is 27.9 Å². The van der Waals surface area contributed by atoms with E-state index in [1.807, 2.05) is 13.8 Å². The fourth-order valence-corrected chi connectivity index (χ4v) is 1.51. The average molecular weight is 302 g/mol. The van der Waals surface area contributed by atoms with Crippen LogP contribution in [0.15, 0.2) is 22.7 Å². The number of hydrogen-bond donors (Lipinski definition) is 0. The Hall–Kier alpha value is -1.43. The minimum absolute atomic E-state index is 0.135. The molecule has 0 aliphatic rings. The summed E-state index contributed by atoms with van der Waals surface area (Å²) >= 11 is 3.16. The van der Waals surface area contributed by atoms with Gasteiger partial charge in [-0.3, -0.25) is 10.1 Å². The van der Waals surface area contributed by atoms with Crippen molar-refractivity contribution in [1.29, 1.82) is 0 Å². The van der Waals surface area contributed by atoms with Gasteiger partial charge in [-0.2, -0.15) is 0 Å². The summed E-state index contributed by atoms with van der Waals surface area (Å²) in [5.41, 5.74) is 0.0320. The lowest BCUT2D eigenvalue weighted by atomic mass is 10.2. The van der Waals surface area contributed by atoms with E-state index in [4.69, 9.17) is 4.74 Å². The Kier molecular flexibility index (Phi) is 4.62. The number of carbonyl (C=O) groups is 1. The summed E-state index contributed by atoms with van der Waals surface area (Å²) in [4.78, 5) is 21.7. The number of halogens is 1. The van der Waals surface area contributed by atoms with E-state index in [9.17, 15) is 14.9 Å². The fourth-order valence-electron chi connectivity index (χ4n) is 1.10. The fraction of sp³-hybridized carbons (Fsp3) is 0.364.